The maximum Gasteiger partial charge on any atom is 0.321 e. The van der Waals surface area contributed by atoms with Crippen molar-refractivity contribution in [2.75, 3.05) is 7.11 Å². The van der Waals surface area contributed by atoms with Crippen molar-refractivity contribution in [1.29, 1.82) is 0 Å². The summed E-state index contributed by atoms with van der Waals surface area (Å²) in [5.74, 6) is -2.77. The van der Waals surface area contributed by atoms with E-state index < -0.39 is 50.8 Å². The van der Waals surface area contributed by atoms with Crippen LogP contribution in [-0.2, 0) is 33.4 Å². The molecule has 0 amide bonds. The second kappa shape index (κ2) is 7.01. The molecule has 36 heavy (non-hydrogen) atoms. The summed E-state index contributed by atoms with van der Waals surface area (Å²) in [5.41, 5.74) is -4.90. The van der Waals surface area contributed by atoms with E-state index in [9.17, 15) is 24.3 Å². The van der Waals surface area contributed by atoms with Gasteiger partial charge in [0, 0.05) is 35.2 Å². The fourth-order valence-corrected chi connectivity index (χ4v) is 9.58. The lowest BCUT2D eigenvalue weighted by atomic mass is 9.33. The van der Waals surface area contributed by atoms with Crippen molar-refractivity contribution in [2.24, 2.45) is 38.9 Å². The normalized spacial score (nSPS) is 46.3. The summed E-state index contributed by atoms with van der Waals surface area (Å²) in [5, 5.41) is 11.3. The minimum absolute atomic E-state index is 0.121. The van der Waals surface area contributed by atoms with E-state index in [1.165, 1.54) is 14.0 Å². The first-order valence-electron chi connectivity index (χ1n) is 12.7. The lowest BCUT2D eigenvalue weighted by Gasteiger charge is -2.66. The van der Waals surface area contributed by atoms with Crippen molar-refractivity contribution in [2.45, 2.75) is 79.9 Å². The van der Waals surface area contributed by atoms with Crippen LogP contribution in [-0.4, -0.2) is 48.1 Å². The molecular formula is C28H36O8. The number of allylic oxidation sites excluding steroid dienone is 3. The Morgan fingerprint density at radius 1 is 1.14 bits per heavy atom. The van der Waals surface area contributed by atoms with Gasteiger partial charge in [-0.3, -0.25) is 19.2 Å². The summed E-state index contributed by atoms with van der Waals surface area (Å²) in [7, 11) is 1.26. The number of carbonyl (C=O) groups excluding carboxylic acids is 4. The van der Waals surface area contributed by atoms with Crippen LogP contribution in [0.3, 0.4) is 0 Å². The van der Waals surface area contributed by atoms with Gasteiger partial charge in [0.1, 0.15) is 18.0 Å². The fourth-order valence-electron chi connectivity index (χ4n) is 9.58. The van der Waals surface area contributed by atoms with Gasteiger partial charge >= 0.3 is 17.9 Å². The molecule has 1 N–H and O–H groups in total. The van der Waals surface area contributed by atoms with Gasteiger partial charge in [-0.05, 0) is 40.0 Å². The van der Waals surface area contributed by atoms with Crippen molar-refractivity contribution < 1.29 is 38.5 Å². The number of fused-ring (bicyclic) bond motifs is 3. The molecule has 1 heterocycles. The van der Waals surface area contributed by atoms with Crippen LogP contribution < -0.4 is 0 Å². The molecule has 0 spiro atoms. The van der Waals surface area contributed by atoms with Gasteiger partial charge in [0.15, 0.2) is 11.2 Å². The number of esters is 3. The van der Waals surface area contributed by atoms with E-state index in [4.69, 9.17) is 14.2 Å². The lowest BCUT2D eigenvalue weighted by molar-refractivity contribution is -0.216. The minimum Gasteiger partial charge on any atom is -0.511 e. The van der Waals surface area contributed by atoms with Crippen LogP contribution in [0.2, 0.25) is 0 Å². The molecule has 1 saturated heterocycles. The Balaban J connectivity index is 1.79. The summed E-state index contributed by atoms with van der Waals surface area (Å²) < 4.78 is 17.1. The number of carbonyl (C=O) groups is 4. The highest BCUT2D eigenvalue weighted by Gasteiger charge is 2.84. The Morgan fingerprint density at radius 2 is 1.78 bits per heavy atom. The second-order valence-electron chi connectivity index (χ2n) is 12.5. The zero-order valence-electron chi connectivity index (χ0n) is 22.3. The number of rotatable bonds is 2. The topological polar surface area (TPSA) is 116 Å². The molecule has 196 valence electrons. The van der Waals surface area contributed by atoms with Crippen molar-refractivity contribution in [3.05, 3.63) is 23.0 Å². The highest BCUT2D eigenvalue weighted by atomic mass is 16.6. The predicted octanol–water partition coefficient (Wildman–Crippen LogP) is 3.83. The molecule has 4 aliphatic carbocycles. The summed E-state index contributed by atoms with van der Waals surface area (Å²) >= 11 is 0. The molecule has 0 aromatic heterocycles. The van der Waals surface area contributed by atoms with E-state index in [2.05, 4.69) is 0 Å². The molecular weight excluding hydrogens is 464 g/mol. The minimum atomic E-state index is -1.74. The van der Waals surface area contributed by atoms with Gasteiger partial charge in [0.25, 0.3) is 0 Å². The average Bonchev–Trinajstić information content (AvgIpc) is 3.12. The van der Waals surface area contributed by atoms with Crippen LogP contribution >= 0.6 is 0 Å². The summed E-state index contributed by atoms with van der Waals surface area (Å²) in [6.45, 7) is 12.4. The first-order valence-corrected chi connectivity index (χ1v) is 12.7. The van der Waals surface area contributed by atoms with Crippen LogP contribution in [0, 0.1) is 38.9 Å². The standard InChI is InChI=1S/C28H36O8/c1-13-11-17-25(6,28(23(33)34-8)21(31)14(2)20(30)26(13,28)7)12-16-19-24(4,5)18(35-15(3)29)9-10-27(17,19)22(32)36-16/h11,16-19,30H,9-10,12H2,1-8H3/t16-,17-,18-,19?,25-,26-,27+,28+/m0/s1. The zero-order chi connectivity index (χ0) is 26.8. The molecule has 8 heteroatoms. The number of aliphatic hydroxyl groups is 1. The largest absolute Gasteiger partial charge is 0.511 e. The Morgan fingerprint density at radius 3 is 2.36 bits per heavy atom. The SMILES string of the molecule is COC(=O)[C@@]12C(=O)C(C)=C(O)[C@]1(C)C(C)=C[C@@H]1[C@]34CC[C@H](OC(C)=O)C(C)(C)C3[C@H](C[C@@]12C)OC4=O. The van der Waals surface area contributed by atoms with E-state index >= 15 is 0 Å². The monoisotopic (exact) mass is 500 g/mol. The number of ketones is 1. The number of ether oxygens (including phenoxy) is 3. The molecule has 0 aromatic carbocycles. The highest BCUT2D eigenvalue weighted by molar-refractivity contribution is 6.17. The number of hydrogen-bond donors (Lipinski definition) is 1. The molecule has 8 nitrogen and oxygen atoms in total. The molecule has 5 rings (SSSR count). The smallest absolute Gasteiger partial charge is 0.321 e. The third kappa shape index (κ3) is 2.29. The molecule has 1 unspecified atom stereocenters. The van der Waals surface area contributed by atoms with E-state index in [1.54, 1.807) is 13.8 Å². The van der Waals surface area contributed by atoms with Gasteiger partial charge in [-0.25, -0.2) is 0 Å². The Hall–Kier alpha value is -2.64. The molecule has 5 aliphatic rings. The van der Waals surface area contributed by atoms with Gasteiger partial charge in [-0.2, -0.15) is 0 Å². The lowest BCUT2D eigenvalue weighted by Crippen LogP contribution is -2.71. The quantitative estimate of drug-likeness (QED) is 0.263. The molecule has 0 aromatic rings. The van der Waals surface area contributed by atoms with E-state index in [0.29, 0.717) is 18.4 Å². The van der Waals surface area contributed by atoms with E-state index in [1.807, 2.05) is 33.8 Å². The third-order valence-electron chi connectivity index (χ3n) is 11.0. The van der Waals surface area contributed by atoms with E-state index in [-0.39, 0.29) is 41.7 Å². The summed E-state index contributed by atoms with van der Waals surface area (Å²) in [6, 6.07) is 0. The van der Waals surface area contributed by atoms with Gasteiger partial charge in [0.05, 0.1) is 17.9 Å². The van der Waals surface area contributed by atoms with Gasteiger partial charge in [-0.1, -0.05) is 32.4 Å². The predicted molar refractivity (Wildman–Crippen MR) is 127 cm³/mol. The zero-order valence-corrected chi connectivity index (χ0v) is 22.3. The Bertz CT molecular complexity index is 1180. The molecule has 1 aliphatic heterocycles. The first kappa shape index (κ1) is 25.0. The highest BCUT2D eigenvalue weighted by Crippen LogP contribution is 2.79. The Labute approximate surface area is 211 Å². The first-order chi connectivity index (χ1) is 16.6. The van der Waals surface area contributed by atoms with Crippen molar-refractivity contribution in [1.82, 2.24) is 0 Å². The summed E-state index contributed by atoms with van der Waals surface area (Å²) in [6.07, 6.45) is 2.14. The summed E-state index contributed by atoms with van der Waals surface area (Å²) in [4.78, 5) is 53.7. The molecule has 2 bridgehead atoms. The van der Waals surface area contributed by atoms with Crippen LogP contribution in [0.1, 0.15) is 67.7 Å². The van der Waals surface area contributed by atoms with Crippen LogP contribution in [0.4, 0.5) is 0 Å². The number of methoxy groups -OCH3 is 1. The maximum atomic E-state index is 14.1. The van der Waals surface area contributed by atoms with Crippen molar-refractivity contribution in [3.8, 4) is 0 Å². The maximum absolute atomic E-state index is 14.1. The van der Waals surface area contributed by atoms with Crippen LogP contribution in [0.25, 0.3) is 0 Å². The van der Waals surface area contributed by atoms with E-state index in [0.717, 1.165) is 0 Å². The molecule has 8 atom stereocenters. The number of hydrogen-bond acceptors (Lipinski definition) is 8. The Kier molecular flexibility index (Phi) is 4.88. The van der Waals surface area contributed by atoms with Crippen LogP contribution in [0.5, 0.6) is 0 Å². The number of Topliss-reactive ketones (excluding diaryl/α,β-unsaturated/α-hetero) is 1. The van der Waals surface area contributed by atoms with Crippen molar-refractivity contribution in [3.63, 3.8) is 0 Å². The second-order valence-corrected chi connectivity index (χ2v) is 12.5. The molecule has 3 fully saturated rings. The number of aliphatic hydroxyl groups excluding tert-OH is 1. The van der Waals surface area contributed by atoms with Gasteiger partial charge < -0.3 is 19.3 Å². The van der Waals surface area contributed by atoms with Gasteiger partial charge in [0.2, 0.25) is 0 Å². The van der Waals surface area contributed by atoms with Gasteiger partial charge in [-0.15, -0.1) is 0 Å². The third-order valence-corrected chi connectivity index (χ3v) is 11.0. The molecule has 0 radical (unpaired) electrons. The van der Waals surface area contributed by atoms with Crippen LogP contribution in [0.15, 0.2) is 23.0 Å². The molecule has 2 saturated carbocycles. The average molecular weight is 501 g/mol. The van der Waals surface area contributed by atoms with Crippen molar-refractivity contribution >= 4 is 23.7 Å². The fraction of sp³-hybridized carbons (Fsp3) is 0.714.